The number of carbonyl (C=O) groups excluding carboxylic acids is 1. The fourth-order valence-electron chi connectivity index (χ4n) is 3.65. The second kappa shape index (κ2) is 2.37. The van der Waals surface area contributed by atoms with Crippen LogP contribution in [-0.2, 0) is 4.79 Å². The Bertz CT molecular complexity index is 254. The molecule has 0 N–H and O–H groups in total. The summed E-state index contributed by atoms with van der Waals surface area (Å²) in [6, 6.07) is 0. The van der Waals surface area contributed by atoms with Gasteiger partial charge in [-0.2, -0.15) is 0 Å². The summed E-state index contributed by atoms with van der Waals surface area (Å²) in [5.74, 6) is 2.75. The minimum atomic E-state index is 0.115. The summed E-state index contributed by atoms with van der Waals surface area (Å²) in [4.78, 5) is 12.1. The van der Waals surface area contributed by atoms with E-state index in [2.05, 4.69) is 6.92 Å². The molecule has 0 aromatic rings. The lowest BCUT2D eigenvalue weighted by Crippen LogP contribution is -2.34. The van der Waals surface area contributed by atoms with E-state index in [1.54, 1.807) is 0 Å². The first kappa shape index (κ1) is 8.02. The standard InChI is InChI=1S/C12H18O/c1-12(7-8-2-3-8)10-5-4-9(6-10)11(12)13/h8-10H,2-7H2,1H3. The van der Waals surface area contributed by atoms with Gasteiger partial charge < -0.3 is 0 Å². The minimum Gasteiger partial charge on any atom is -0.299 e. The van der Waals surface area contributed by atoms with Crippen molar-refractivity contribution < 1.29 is 4.79 Å². The van der Waals surface area contributed by atoms with Crippen molar-refractivity contribution in [3.05, 3.63) is 0 Å². The third kappa shape index (κ3) is 1.02. The van der Waals surface area contributed by atoms with Crippen molar-refractivity contribution in [2.24, 2.45) is 23.2 Å². The minimum absolute atomic E-state index is 0.115. The summed E-state index contributed by atoms with van der Waals surface area (Å²) < 4.78 is 0. The molecule has 3 saturated carbocycles. The smallest absolute Gasteiger partial charge is 0.142 e. The molecule has 2 bridgehead atoms. The van der Waals surface area contributed by atoms with Gasteiger partial charge in [-0.3, -0.25) is 4.79 Å². The summed E-state index contributed by atoms with van der Waals surface area (Å²) in [5.41, 5.74) is 0.115. The highest BCUT2D eigenvalue weighted by molar-refractivity contribution is 5.90. The predicted molar refractivity (Wildman–Crippen MR) is 51.3 cm³/mol. The first-order valence-corrected chi connectivity index (χ1v) is 5.74. The Labute approximate surface area is 79.9 Å². The van der Waals surface area contributed by atoms with Crippen molar-refractivity contribution in [2.45, 2.75) is 45.4 Å². The molecule has 72 valence electrons. The number of hydrogen-bond donors (Lipinski definition) is 0. The van der Waals surface area contributed by atoms with Crippen LogP contribution in [0.2, 0.25) is 0 Å². The summed E-state index contributed by atoms with van der Waals surface area (Å²) in [6.07, 6.45) is 7.75. The maximum absolute atomic E-state index is 12.1. The highest BCUT2D eigenvalue weighted by Gasteiger charge is 2.55. The van der Waals surface area contributed by atoms with Crippen LogP contribution < -0.4 is 0 Å². The van der Waals surface area contributed by atoms with Crippen molar-refractivity contribution in [1.29, 1.82) is 0 Å². The molecule has 0 aromatic carbocycles. The summed E-state index contributed by atoms with van der Waals surface area (Å²) in [6.45, 7) is 2.25. The normalized spacial score (nSPS) is 48.8. The second-order valence-corrected chi connectivity index (χ2v) is 5.64. The molecule has 3 aliphatic carbocycles. The average molecular weight is 178 g/mol. The van der Waals surface area contributed by atoms with E-state index < -0.39 is 0 Å². The van der Waals surface area contributed by atoms with E-state index in [4.69, 9.17) is 0 Å². The lowest BCUT2D eigenvalue weighted by atomic mass is 9.70. The van der Waals surface area contributed by atoms with E-state index in [9.17, 15) is 4.79 Å². The van der Waals surface area contributed by atoms with E-state index in [1.807, 2.05) is 0 Å². The van der Waals surface area contributed by atoms with Gasteiger partial charge in [-0.15, -0.1) is 0 Å². The van der Waals surface area contributed by atoms with Crippen LogP contribution in [0, 0.1) is 23.2 Å². The topological polar surface area (TPSA) is 17.1 Å². The van der Waals surface area contributed by atoms with Crippen LogP contribution in [0.1, 0.15) is 45.4 Å². The van der Waals surface area contributed by atoms with Gasteiger partial charge >= 0.3 is 0 Å². The average Bonchev–Trinajstić information content (AvgIpc) is 2.72. The van der Waals surface area contributed by atoms with E-state index in [-0.39, 0.29) is 5.41 Å². The molecule has 13 heavy (non-hydrogen) atoms. The number of fused-ring (bicyclic) bond motifs is 2. The number of rotatable bonds is 2. The quantitative estimate of drug-likeness (QED) is 0.635. The largest absolute Gasteiger partial charge is 0.299 e. The molecule has 3 atom stereocenters. The first-order valence-electron chi connectivity index (χ1n) is 5.74. The molecule has 3 fully saturated rings. The second-order valence-electron chi connectivity index (χ2n) is 5.64. The molecule has 3 aliphatic rings. The lowest BCUT2D eigenvalue weighted by Gasteiger charge is -2.32. The Hall–Kier alpha value is -0.330. The van der Waals surface area contributed by atoms with E-state index in [0.29, 0.717) is 11.7 Å². The maximum Gasteiger partial charge on any atom is 0.142 e. The number of hydrogen-bond acceptors (Lipinski definition) is 1. The Morgan fingerprint density at radius 2 is 2.08 bits per heavy atom. The Morgan fingerprint density at radius 3 is 2.62 bits per heavy atom. The number of Topliss-reactive ketones (excluding diaryl/α,β-unsaturated/α-hetero) is 1. The molecule has 0 radical (unpaired) electrons. The van der Waals surface area contributed by atoms with Crippen molar-refractivity contribution in [3.63, 3.8) is 0 Å². The molecule has 1 nitrogen and oxygen atoms in total. The summed E-state index contributed by atoms with van der Waals surface area (Å²) in [5, 5.41) is 0. The molecule has 3 unspecified atom stereocenters. The number of carbonyl (C=O) groups is 1. The highest BCUT2D eigenvalue weighted by atomic mass is 16.1. The first-order chi connectivity index (χ1) is 6.20. The highest BCUT2D eigenvalue weighted by Crippen LogP contribution is 2.57. The molecular weight excluding hydrogens is 160 g/mol. The lowest BCUT2D eigenvalue weighted by molar-refractivity contribution is -0.132. The van der Waals surface area contributed by atoms with Gasteiger partial charge in [-0.1, -0.05) is 19.8 Å². The fourth-order valence-corrected chi connectivity index (χ4v) is 3.65. The zero-order valence-corrected chi connectivity index (χ0v) is 8.38. The third-order valence-electron chi connectivity index (χ3n) is 4.68. The van der Waals surface area contributed by atoms with Gasteiger partial charge in [0.15, 0.2) is 0 Å². The van der Waals surface area contributed by atoms with Crippen molar-refractivity contribution in [3.8, 4) is 0 Å². The fraction of sp³-hybridized carbons (Fsp3) is 0.917. The van der Waals surface area contributed by atoms with Crippen molar-refractivity contribution >= 4 is 5.78 Å². The van der Waals surface area contributed by atoms with Crippen LogP contribution in [0.5, 0.6) is 0 Å². The number of ketones is 1. The zero-order chi connectivity index (χ0) is 9.05. The van der Waals surface area contributed by atoms with Crippen LogP contribution in [0.25, 0.3) is 0 Å². The van der Waals surface area contributed by atoms with Gasteiger partial charge in [0.25, 0.3) is 0 Å². The maximum atomic E-state index is 12.1. The van der Waals surface area contributed by atoms with Crippen LogP contribution >= 0.6 is 0 Å². The Morgan fingerprint density at radius 1 is 1.31 bits per heavy atom. The Balaban J connectivity index is 1.84. The molecular formula is C12H18O. The molecule has 0 aliphatic heterocycles. The van der Waals surface area contributed by atoms with Crippen LogP contribution in [-0.4, -0.2) is 5.78 Å². The zero-order valence-electron chi connectivity index (χ0n) is 8.38. The van der Waals surface area contributed by atoms with E-state index >= 15 is 0 Å². The van der Waals surface area contributed by atoms with Crippen LogP contribution in [0.15, 0.2) is 0 Å². The van der Waals surface area contributed by atoms with Gasteiger partial charge in [0.05, 0.1) is 0 Å². The van der Waals surface area contributed by atoms with Gasteiger partial charge in [-0.25, -0.2) is 0 Å². The third-order valence-corrected chi connectivity index (χ3v) is 4.68. The Kier molecular flexibility index (Phi) is 1.46. The molecule has 1 heteroatoms. The van der Waals surface area contributed by atoms with E-state index in [1.165, 1.54) is 38.5 Å². The monoisotopic (exact) mass is 178 g/mol. The van der Waals surface area contributed by atoms with Gasteiger partial charge in [0.1, 0.15) is 5.78 Å². The summed E-state index contributed by atoms with van der Waals surface area (Å²) in [7, 11) is 0. The molecule has 0 aromatic heterocycles. The van der Waals surface area contributed by atoms with Crippen molar-refractivity contribution in [2.75, 3.05) is 0 Å². The summed E-state index contributed by atoms with van der Waals surface area (Å²) >= 11 is 0. The van der Waals surface area contributed by atoms with Gasteiger partial charge in [0, 0.05) is 11.3 Å². The van der Waals surface area contributed by atoms with Crippen LogP contribution in [0.4, 0.5) is 0 Å². The van der Waals surface area contributed by atoms with E-state index in [0.717, 1.165) is 11.8 Å². The predicted octanol–water partition coefficient (Wildman–Crippen LogP) is 2.79. The molecule has 3 rings (SSSR count). The molecule has 0 spiro atoms. The SMILES string of the molecule is CC1(CC2CC2)C(=O)C2CCC1C2. The van der Waals surface area contributed by atoms with Gasteiger partial charge in [0.2, 0.25) is 0 Å². The van der Waals surface area contributed by atoms with Crippen molar-refractivity contribution in [1.82, 2.24) is 0 Å². The molecule has 0 heterocycles. The molecule has 0 saturated heterocycles. The van der Waals surface area contributed by atoms with Gasteiger partial charge in [-0.05, 0) is 37.5 Å². The van der Waals surface area contributed by atoms with Crippen LogP contribution in [0.3, 0.4) is 0 Å². The molecule has 0 amide bonds.